The molecule has 0 radical (unpaired) electrons. The first-order valence-electron chi connectivity index (χ1n) is 7.48. The van der Waals surface area contributed by atoms with Crippen molar-refractivity contribution in [1.29, 1.82) is 0 Å². The summed E-state index contributed by atoms with van der Waals surface area (Å²) >= 11 is 0. The molecule has 0 aliphatic heterocycles. The van der Waals surface area contributed by atoms with Gasteiger partial charge in [-0.1, -0.05) is 32.1 Å². The van der Waals surface area contributed by atoms with E-state index in [9.17, 15) is 4.79 Å². The minimum absolute atomic E-state index is 0.0506. The van der Waals surface area contributed by atoms with E-state index in [-0.39, 0.29) is 11.9 Å². The SMILES string of the molecule is CCOC(=O)C1CCC(C2CCCCC2)CC1. The first kappa shape index (κ1) is 12.9. The Hall–Kier alpha value is -0.530. The summed E-state index contributed by atoms with van der Waals surface area (Å²) in [4.78, 5) is 11.7. The van der Waals surface area contributed by atoms with E-state index in [4.69, 9.17) is 4.74 Å². The molecule has 2 saturated carbocycles. The maximum absolute atomic E-state index is 11.7. The fourth-order valence-electron chi connectivity index (χ4n) is 3.69. The summed E-state index contributed by atoms with van der Waals surface area (Å²) < 4.78 is 5.12. The fourth-order valence-corrected chi connectivity index (χ4v) is 3.69. The van der Waals surface area contributed by atoms with Gasteiger partial charge in [0.05, 0.1) is 12.5 Å². The smallest absolute Gasteiger partial charge is 0.308 e. The van der Waals surface area contributed by atoms with Crippen LogP contribution in [-0.2, 0) is 9.53 Å². The molecule has 2 aliphatic carbocycles. The molecule has 0 aromatic rings. The van der Waals surface area contributed by atoms with E-state index in [1.807, 2.05) is 6.92 Å². The Kier molecular flexibility index (Phi) is 4.87. The maximum atomic E-state index is 11.7. The molecule has 0 amide bonds. The van der Waals surface area contributed by atoms with Gasteiger partial charge in [0, 0.05) is 0 Å². The van der Waals surface area contributed by atoms with Gasteiger partial charge in [0.2, 0.25) is 0 Å². The second kappa shape index (κ2) is 6.42. The third kappa shape index (κ3) is 3.46. The van der Waals surface area contributed by atoms with Crippen molar-refractivity contribution < 1.29 is 9.53 Å². The van der Waals surface area contributed by atoms with Crippen molar-refractivity contribution in [2.24, 2.45) is 17.8 Å². The average Bonchev–Trinajstić information content (AvgIpc) is 2.40. The largest absolute Gasteiger partial charge is 0.466 e. The molecule has 0 unspecified atom stereocenters. The Morgan fingerprint density at radius 3 is 2.12 bits per heavy atom. The van der Waals surface area contributed by atoms with Gasteiger partial charge in [0.1, 0.15) is 0 Å². The van der Waals surface area contributed by atoms with Crippen LogP contribution in [0.4, 0.5) is 0 Å². The van der Waals surface area contributed by atoms with Gasteiger partial charge in [0.15, 0.2) is 0 Å². The van der Waals surface area contributed by atoms with Crippen LogP contribution < -0.4 is 0 Å². The summed E-state index contributed by atoms with van der Waals surface area (Å²) in [7, 11) is 0. The van der Waals surface area contributed by atoms with E-state index in [1.54, 1.807) is 0 Å². The zero-order valence-corrected chi connectivity index (χ0v) is 11.1. The number of carbonyl (C=O) groups excluding carboxylic acids is 1. The van der Waals surface area contributed by atoms with Crippen molar-refractivity contribution in [2.45, 2.75) is 64.7 Å². The topological polar surface area (TPSA) is 26.3 Å². The Balaban J connectivity index is 1.75. The minimum atomic E-state index is 0.0506. The van der Waals surface area contributed by atoms with Gasteiger partial charge >= 0.3 is 5.97 Å². The lowest BCUT2D eigenvalue weighted by molar-refractivity contribution is -0.149. The molecule has 0 bridgehead atoms. The van der Waals surface area contributed by atoms with Gasteiger partial charge in [-0.2, -0.15) is 0 Å². The molecule has 17 heavy (non-hydrogen) atoms. The van der Waals surface area contributed by atoms with Gasteiger partial charge in [-0.3, -0.25) is 4.79 Å². The number of esters is 1. The normalized spacial score (nSPS) is 31.1. The third-order valence-electron chi connectivity index (χ3n) is 4.71. The summed E-state index contributed by atoms with van der Waals surface area (Å²) in [5, 5.41) is 0. The Bertz CT molecular complexity index is 235. The summed E-state index contributed by atoms with van der Waals surface area (Å²) in [5.41, 5.74) is 0. The Labute approximate surface area is 105 Å². The van der Waals surface area contributed by atoms with Gasteiger partial charge in [0.25, 0.3) is 0 Å². The number of hydrogen-bond donors (Lipinski definition) is 0. The van der Waals surface area contributed by atoms with E-state index in [2.05, 4.69) is 0 Å². The lowest BCUT2D eigenvalue weighted by atomic mass is 9.71. The molecule has 0 atom stereocenters. The summed E-state index contributed by atoms with van der Waals surface area (Å²) in [6, 6.07) is 0. The van der Waals surface area contributed by atoms with E-state index < -0.39 is 0 Å². The van der Waals surface area contributed by atoms with Crippen LogP contribution in [0.5, 0.6) is 0 Å². The molecule has 2 rings (SSSR count). The quantitative estimate of drug-likeness (QED) is 0.696. The monoisotopic (exact) mass is 238 g/mol. The Morgan fingerprint density at radius 1 is 0.941 bits per heavy atom. The number of hydrogen-bond acceptors (Lipinski definition) is 2. The van der Waals surface area contributed by atoms with Crippen LogP contribution in [0, 0.1) is 17.8 Å². The van der Waals surface area contributed by atoms with E-state index >= 15 is 0 Å². The van der Waals surface area contributed by atoms with Crippen LogP contribution in [0.3, 0.4) is 0 Å². The van der Waals surface area contributed by atoms with Crippen molar-refractivity contribution in [2.75, 3.05) is 6.61 Å². The highest BCUT2D eigenvalue weighted by molar-refractivity contribution is 5.72. The highest BCUT2D eigenvalue weighted by Gasteiger charge is 2.31. The lowest BCUT2D eigenvalue weighted by Gasteiger charge is -2.35. The minimum Gasteiger partial charge on any atom is -0.466 e. The van der Waals surface area contributed by atoms with Gasteiger partial charge < -0.3 is 4.74 Å². The Morgan fingerprint density at radius 2 is 1.53 bits per heavy atom. The molecular weight excluding hydrogens is 212 g/mol. The van der Waals surface area contributed by atoms with Crippen molar-refractivity contribution in [3.8, 4) is 0 Å². The van der Waals surface area contributed by atoms with E-state index in [0.717, 1.165) is 24.7 Å². The molecule has 0 aromatic carbocycles. The molecular formula is C15H26O2. The first-order valence-corrected chi connectivity index (χ1v) is 7.48. The highest BCUT2D eigenvalue weighted by Crippen LogP contribution is 2.40. The van der Waals surface area contributed by atoms with Crippen LogP contribution in [-0.4, -0.2) is 12.6 Å². The molecule has 0 spiro atoms. The van der Waals surface area contributed by atoms with Crippen LogP contribution in [0.15, 0.2) is 0 Å². The molecule has 98 valence electrons. The van der Waals surface area contributed by atoms with E-state index in [0.29, 0.717) is 6.61 Å². The predicted octanol–water partition coefficient (Wildman–Crippen LogP) is 3.94. The van der Waals surface area contributed by atoms with Crippen LogP contribution >= 0.6 is 0 Å². The average molecular weight is 238 g/mol. The molecule has 2 nitrogen and oxygen atoms in total. The number of rotatable bonds is 3. The molecule has 0 saturated heterocycles. The number of ether oxygens (including phenoxy) is 1. The summed E-state index contributed by atoms with van der Waals surface area (Å²) in [6.45, 7) is 2.42. The maximum Gasteiger partial charge on any atom is 0.308 e. The third-order valence-corrected chi connectivity index (χ3v) is 4.71. The molecule has 0 aromatic heterocycles. The highest BCUT2D eigenvalue weighted by atomic mass is 16.5. The summed E-state index contributed by atoms with van der Waals surface area (Å²) in [6.07, 6.45) is 11.8. The fraction of sp³-hybridized carbons (Fsp3) is 0.933. The first-order chi connectivity index (χ1) is 8.31. The van der Waals surface area contributed by atoms with Gasteiger partial charge in [-0.05, 0) is 44.4 Å². The zero-order chi connectivity index (χ0) is 12.1. The van der Waals surface area contributed by atoms with Crippen molar-refractivity contribution in [3.05, 3.63) is 0 Å². The van der Waals surface area contributed by atoms with Crippen molar-refractivity contribution in [1.82, 2.24) is 0 Å². The molecule has 2 fully saturated rings. The molecule has 0 N–H and O–H groups in total. The standard InChI is InChI=1S/C15H26O2/c1-2-17-15(16)14-10-8-13(9-11-14)12-6-4-3-5-7-12/h12-14H,2-11H2,1H3. The number of carbonyl (C=O) groups is 1. The van der Waals surface area contributed by atoms with Crippen molar-refractivity contribution >= 4 is 5.97 Å². The predicted molar refractivity (Wildman–Crippen MR) is 68.7 cm³/mol. The second-order valence-corrected chi connectivity index (χ2v) is 5.76. The van der Waals surface area contributed by atoms with Crippen LogP contribution in [0.1, 0.15) is 64.7 Å². The molecule has 2 heteroatoms. The van der Waals surface area contributed by atoms with Crippen LogP contribution in [0.2, 0.25) is 0 Å². The second-order valence-electron chi connectivity index (χ2n) is 5.76. The van der Waals surface area contributed by atoms with Gasteiger partial charge in [-0.25, -0.2) is 0 Å². The van der Waals surface area contributed by atoms with Crippen molar-refractivity contribution in [3.63, 3.8) is 0 Å². The van der Waals surface area contributed by atoms with E-state index in [1.165, 1.54) is 44.9 Å². The zero-order valence-electron chi connectivity index (χ0n) is 11.1. The summed E-state index contributed by atoms with van der Waals surface area (Å²) in [5.74, 6) is 2.12. The lowest BCUT2D eigenvalue weighted by Crippen LogP contribution is -2.28. The molecule has 0 heterocycles. The molecule has 2 aliphatic rings. The van der Waals surface area contributed by atoms with Gasteiger partial charge in [-0.15, -0.1) is 0 Å². The van der Waals surface area contributed by atoms with Crippen LogP contribution in [0.25, 0.3) is 0 Å².